The van der Waals surface area contributed by atoms with Gasteiger partial charge in [0.05, 0.1) is 5.69 Å². The van der Waals surface area contributed by atoms with Crippen molar-refractivity contribution in [1.82, 2.24) is 0 Å². The molecule has 1 aliphatic rings. The number of para-hydroxylation sites is 1. The van der Waals surface area contributed by atoms with Gasteiger partial charge in [-0.05, 0) is 97.6 Å². The molecule has 0 bridgehead atoms. The van der Waals surface area contributed by atoms with Crippen LogP contribution in [0.25, 0.3) is 55.6 Å². The van der Waals surface area contributed by atoms with Gasteiger partial charge in [-0.25, -0.2) is 0 Å². The Balaban J connectivity index is 1.27. The van der Waals surface area contributed by atoms with Crippen molar-refractivity contribution in [2.24, 2.45) is 0 Å². The lowest BCUT2D eigenvalue weighted by Crippen LogP contribution is -2.17. The molecule has 0 fully saturated rings. The fourth-order valence-corrected chi connectivity index (χ4v) is 8.12. The molecule has 0 radical (unpaired) electrons. The third-order valence-corrected chi connectivity index (χ3v) is 10.7. The molecular weight excluding hydrogens is 627 g/mol. The second kappa shape index (κ2) is 13.0. The summed E-state index contributed by atoms with van der Waals surface area (Å²) in [5, 5.41) is 0. The second-order valence-corrected chi connectivity index (χ2v) is 14.1. The Kier molecular flexibility index (Phi) is 7.90. The fourth-order valence-electron chi connectivity index (χ4n) is 8.12. The summed E-state index contributed by atoms with van der Waals surface area (Å²) >= 11 is 0. The number of anilines is 3. The van der Waals surface area contributed by atoms with Gasteiger partial charge in [0.2, 0.25) is 0 Å². The van der Waals surface area contributed by atoms with E-state index >= 15 is 0 Å². The average molecular weight is 666 g/mol. The number of benzene rings is 8. The van der Waals surface area contributed by atoms with Gasteiger partial charge in [-0.15, -0.1) is 0 Å². The van der Waals surface area contributed by atoms with E-state index in [-0.39, 0.29) is 5.41 Å². The van der Waals surface area contributed by atoms with Gasteiger partial charge in [-0.3, -0.25) is 0 Å². The quantitative estimate of drug-likeness (QED) is 0.164. The molecule has 52 heavy (non-hydrogen) atoms. The second-order valence-electron chi connectivity index (χ2n) is 14.1. The minimum atomic E-state index is -0.178. The molecule has 0 N–H and O–H groups in total. The zero-order valence-electron chi connectivity index (χ0n) is 29.5. The molecule has 0 amide bonds. The topological polar surface area (TPSA) is 3.24 Å². The number of fused-ring (bicyclic) bond motifs is 3. The van der Waals surface area contributed by atoms with Crippen LogP contribution in [0.3, 0.4) is 0 Å². The molecule has 248 valence electrons. The van der Waals surface area contributed by atoms with Crippen LogP contribution in [-0.4, -0.2) is 0 Å². The highest BCUT2D eigenvalue weighted by Gasteiger charge is 2.36. The maximum absolute atomic E-state index is 2.46. The van der Waals surface area contributed by atoms with Gasteiger partial charge in [-0.1, -0.05) is 178 Å². The van der Waals surface area contributed by atoms with Crippen LogP contribution in [0, 0.1) is 0 Å². The van der Waals surface area contributed by atoms with Gasteiger partial charge in [0.1, 0.15) is 0 Å². The molecule has 0 spiro atoms. The first-order valence-corrected chi connectivity index (χ1v) is 18.1. The normalized spacial score (nSPS) is 12.6. The first kappa shape index (κ1) is 31.5. The summed E-state index contributed by atoms with van der Waals surface area (Å²) in [5.74, 6) is 0. The molecule has 8 aromatic rings. The van der Waals surface area contributed by atoms with E-state index in [0.29, 0.717) is 0 Å². The molecule has 0 atom stereocenters. The lowest BCUT2D eigenvalue weighted by atomic mass is 9.81. The number of hydrogen-bond acceptors (Lipinski definition) is 1. The monoisotopic (exact) mass is 665 g/mol. The first-order chi connectivity index (χ1) is 25.6. The maximum Gasteiger partial charge on any atom is 0.0546 e. The summed E-state index contributed by atoms with van der Waals surface area (Å²) < 4.78 is 0. The predicted octanol–water partition coefficient (Wildman–Crippen LogP) is 14.1. The van der Waals surface area contributed by atoms with Crippen LogP contribution in [0.1, 0.15) is 25.0 Å². The van der Waals surface area contributed by atoms with E-state index in [1.54, 1.807) is 0 Å². The van der Waals surface area contributed by atoms with Crippen LogP contribution >= 0.6 is 0 Å². The van der Waals surface area contributed by atoms with Gasteiger partial charge in [0.25, 0.3) is 0 Å². The lowest BCUT2D eigenvalue weighted by Gasteiger charge is -2.31. The van der Waals surface area contributed by atoms with Crippen molar-refractivity contribution in [1.29, 1.82) is 0 Å². The molecule has 0 aliphatic heterocycles. The van der Waals surface area contributed by atoms with Crippen molar-refractivity contribution in [3.63, 3.8) is 0 Å². The minimum Gasteiger partial charge on any atom is -0.310 e. The largest absolute Gasteiger partial charge is 0.310 e. The van der Waals surface area contributed by atoms with Crippen LogP contribution in [-0.2, 0) is 5.41 Å². The predicted molar refractivity (Wildman–Crippen MR) is 220 cm³/mol. The molecule has 1 aliphatic carbocycles. The maximum atomic E-state index is 2.46. The Morgan fingerprint density at radius 1 is 0.327 bits per heavy atom. The van der Waals surface area contributed by atoms with Crippen LogP contribution < -0.4 is 4.90 Å². The van der Waals surface area contributed by atoms with Gasteiger partial charge in [-0.2, -0.15) is 0 Å². The summed E-state index contributed by atoms with van der Waals surface area (Å²) in [4.78, 5) is 2.46. The minimum absolute atomic E-state index is 0.178. The van der Waals surface area contributed by atoms with Crippen LogP contribution in [0.15, 0.2) is 200 Å². The third-order valence-electron chi connectivity index (χ3n) is 10.7. The SMILES string of the molecule is CC1(C)c2cc(-c3ccccc3)ccc2-c2ccc(N(c3ccccc3)c3cccc(-c4ccccc4)c3-c3ccccc3-c3ccccc3)cc21. The van der Waals surface area contributed by atoms with Crippen molar-refractivity contribution in [3.8, 4) is 55.6 Å². The van der Waals surface area contributed by atoms with E-state index in [2.05, 4.69) is 219 Å². The molecule has 8 aromatic carbocycles. The lowest BCUT2D eigenvalue weighted by molar-refractivity contribution is 0.660. The molecule has 9 rings (SSSR count). The molecular formula is C51H39N. The smallest absolute Gasteiger partial charge is 0.0546 e. The Morgan fingerprint density at radius 2 is 0.827 bits per heavy atom. The van der Waals surface area contributed by atoms with Gasteiger partial charge < -0.3 is 4.90 Å². The van der Waals surface area contributed by atoms with Crippen molar-refractivity contribution in [2.75, 3.05) is 4.90 Å². The number of hydrogen-bond donors (Lipinski definition) is 0. The van der Waals surface area contributed by atoms with Crippen molar-refractivity contribution < 1.29 is 0 Å². The molecule has 1 nitrogen and oxygen atoms in total. The molecule has 0 heterocycles. The van der Waals surface area contributed by atoms with E-state index < -0.39 is 0 Å². The third kappa shape index (κ3) is 5.43. The molecule has 1 heteroatoms. The summed E-state index contributed by atoms with van der Waals surface area (Å²) in [6.45, 7) is 4.75. The average Bonchev–Trinajstić information content (AvgIpc) is 3.44. The van der Waals surface area contributed by atoms with Crippen LogP contribution in [0.2, 0.25) is 0 Å². The van der Waals surface area contributed by atoms with Gasteiger partial charge in [0, 0.05) is 22.4 Å². The van der Waals surface area contributed by atoms with E-state index in [1.165, 1.54) is 66.8 Å². The van der Waals surface area contributed by atoms with E-state index in [4.69, 9.17) is 0 Å². The highest BCUT2D eigenvalue weighted by molar-refractivity contribution is 6.01. The Labute approximate surface area is 307 Å². The molecule has 0 aromatic heterocycles. The summed E-state index contributed by atoms with van der Waals surface area (Å²) in [6, 6.07) is 72.8. The fraction of sp³-hybridized carbons (Fsp3) is 0.0588. The van der Waals surface area contributed by atoms with Crippen molar-refractivity contribution in [2.45, 2.75) is 19.3 Å². The highest BCUT2D eigenvalue weighted by Crippen LogP contribution is 2.53. The highest BCUT2D eigenvalue weighted by atomic mass is 15.1. The van der Waals surface area contributed by atoms with Gasteiger partial charge in [0.15, 0.2) is 0 Å². The van der Waals surface area contributed by atoms with E-state index in [1.807, 2.05) is 0 Å². The Bertz CT molecular complexity index is 2520. The van der Waals surface area contributed by atoms with Crippen LogP contribution in [0.5, 0.6) is 0 Å². The summed E-state index contributed by atoms with van der Waals surface area (Å²) in [7, 11) is 0. The van der Waals surface area contributed by atoms with Crippen molar-refractivity contribution in [3.05, 3.63) is 211 Å². The Morgan fingerprint density at radius 3 is 1.48 bits per heavy atom. The Hall–Kier alpha value is -6.44. The number of nitrogens with zero attached hydrogens (tertiary/aromatic N) is 1. The standard InChI is InChI=1S/C51H39N/c1-51(2)47-34-39(36-18-7-3-8-19-36)30-32-44(47)45-33-31-41(35-48(45)51)52(40-24-13-6-14-25-40)49-29-17-28-43(38-22-11-5-12-23-38)50(49)46-27-16-15-26-42(46)37-20-9-4-10-21-37/h3-35H,1-2H3. The van der Waals surface area contributed by atoms with Crippen molar-refractivity contribution >= 4 is 17.1 Å². The summed E-state index contributed by atoms with van der Waals surface area (Å²) in [5.41, 5.74) is 18.3. The van der Waals surface area contributed by atoms with Crippen LogP contribution in [0.4, 0.5) is 17.1 Å². The zero-order valence-corrected chi connectivity index (χ0v) is 29.5. The molecule has 0 saturated heterocycles. The number of rotatable bonds is 7. The van der Waals surface area contributed by atoms with E-state index in [9.17, 15) is 0 Å². The molecule has 0 saturated carbocycles. The van der Waals surface area contributed by atoms with Gasteiger partial charge >= 0.3 is 0 Å². The molecule has 0 unspecified atom stereocenters. The van der Waals surface area contributed by atoms with E-state index in [0.717, 1.165) is 17.1 Å². The zero-order chi connectivity index (χ0) is 35.1. The summed E-state index contributed by atoms with van der Waals surface area (Å²) in [6.07, 6.45) is 0. The first-order valence-electron chi connectivity index (χ1n) is 18.1.